The molecule has 1 unspecified atom stereocenters. The SMILES string of the molecule is C=CCOP1(=O)OCC=CC[C@@]1(C(=O)O)C(C)(C)C. The van der Waals surface area contributed by atoms with E-state index in [2.05, 4.69) is 6.58 Å². The van der Waals surface area contributed by atoms with Crippen LogP contribution in [0.5, 0.6) is 0 Å². The van der Waals surface area contributed by atoms with Crippen molar-refractivity contribution in [3.8, 4) is 0 Å². The Bertz CT molecular complexity index is 435. The van der Waals surface area contributed by atoms with Gasteiger partial charge < -0.3 is 14.2 Å². The van der Waals surface area contributed by atoms with E-state index in [4.69, 9.17) is 9.05 Å². The fourth-order valence-electron chi connectivity index (χ4n) is 2.23. The molecule has 6 heteroatoms. The molecule has 0 saturated heterocycles. The second-order valence-electron chi connectivity index (χ2n) is 5.47. The minimum Gasteiger partial charge on any atom is -0.480 e. The van der Waals surface area contributed by atoms with E-state index in [-0.39, 0.29) is 19.6 Å². The maximum absolute atomic E-state index is 13.0. The number of hydrogen-bond acceptors (Lipinski definition) is 4. The number of rotatable bonds is 4. The van der Waals surface area contributed by atoms with E-state index in [1.165, 1.54) is 6.08 Å². The summed E-state index contributed by atoms with van der Waals surface area (Å²) in [7, 11) is -3.83. The van der Waals surface area contributed by atoms with Gasteiger partial charge in [0.15, 0.2) is 5.16 Å². The molecule has 1 heterocycles. The van der Waals surface area contributed by atoms with Crippen LogP contribution in [0.4, 0.5) is 0 Å². The Morgan fingerprint density at radius 2 is 2.21 bits per heavy atom. The quantitative estimate of drug-likeness (QED) is 0.635. The molecule has 2 atom stereocenters. The normalized spacial score (nSPS) is 31.7. The smallest absolute Gasteiger partial charge is 0.349 e. The molecule has 0 spiro atoms. The van der Waals surface area contributed by atoms with Gasteiger partial charge in [0.25, 0.3) is 0 Å². The minimum absolute atomic E-state index is 0.0115. The zero-order valence-corrected chi connectivity index (χ0v) is 12.5. The summed E-state index contributed by atoms with van der Waals surface area (Å²) in [6.45, 7) is 8.75. The highest BCUT2D eigenvalue weighted by atomic mass is 31.2. The molecule has 0 bridgehead atoms. The third kappa shape index (κ3) is 2.69. The van der Waals surface area contributed by atoms with E-state index < -0.39 is 24.1 Å². The molecule has 0 amide bonds. The third-order valence-corrected chi connectivity index (χ3v) is 6.30. The van der Waals surface area contributed by atoms with E-state index >= 15 is 0 Å². The molecule has 0 aromatic heterocycles. The van der Waals surface area contributed by atoms with E-state index in [0.29, 0.717) is 0 Å². The van der Waals surface area contributed by atoms with Crippen molar-refractivity contribution in [2.45, 2.75) is 32.3 Å². The first kappa shape index (κ1) is 16.2. The zero-order chi connectivity index (χ0) is 14.7. The predicted molar refractivity (Wildman–Crippen MR) is 73.3 cm³/mol. The molecule has 0 radical (unpaired) electrons. The molecule has 1 aliphatic heterocycles. The molecule has 1 N–H and O–H groups in total. The van der Waals surface area contributed by atoms with Gasteiger partial charge >= 0.3 is 13.6 Å². The Kier molecular flexibility index (Phi) is 4.77. The maximum atomic E-state index is 13.0. The van der Waals surface area contributed by atoms with E-state index in [0.717, 1.165) is 0 Å². The molecule has 0 aliphatic carbocycles. The van der Waals surface area contributed by atoms with E-state index in [1.54, 1.807) is 32.9 Å². The maximum Gasteiger partial charge on any atom is 0.349 e. The largest absolute Gasteiger partial charge is 0.480 e. The van der Waals surface area contributed by atoms with Crippen LogP contribution >= 0.6 is 7.60 Å². The second kappa shape index (κ2) is 5.61. The summed E-state index contributed by atoms with van der Waals surface area (Å²) in [5.41, 5.74) is -0.787. The van der Waals surface area contributed by atoms with Crippen LogP contribution in [0, 0.1) is 5.41 Å². The number of hydrogen-bond donors (Lipinski definition) is 1. The molecule has 19 heavy (non-hydrogen) atoms. The van der Waals surface area contributed by atoms with Crippen molar-refractivity contribution in [3.05, 3.63) is 24.8 Å². The standard InChI is InChI=1S/C13H21O5P/c1-5-9-17-19(16)13(11(14)15,12(2,3)4)8-6-7-10-18-19/h5-7H,1,8-10H2,2-4H3,(H,14,15)/t13-,19?/m1/s1. The Morgan fingerprint density at radius 1 is 1.58 bits per heavy atom. The highest BCUT2D eigenvalue weighted by molar-refractivity contribution is 7.57. The number of carbonyl (C=O) groups is 1. The lowest BCUT2D eigenvalue weighted by Gasteiger charge is -2.43. The summed E-state index contributed by atoms with van der Waals surface area (Å²) >= 11 is 0. The van der Waals surface area contributed by atoms with E-state index in [1.807, 2.05) is 0 Å². The van der Waals surface area contributed by atoms with Gasteiger partial charge in [0.2, 0.25) is 0 Å². The van der Waals surface area contributed by atoms with Gasteiger partial charge in [0.1, 0.15) is 0 Å². The molecule has 0 saturated carbocycles. The lowest BCUT2D eigenvalue weighted by molar-refractivity contribution is -0.144. The zero-order valence-electron chi connectivity index (χ0n) is 11.6. The third-order valence-electron chi connectivity index (χ3n) is 3.35. The highest BCUT2D eigenvalue weighted by Gasteiger charge is 2.63. The van der Waals surface area contributed by atoms with Gasteiger partial charge in [-0.1, -0.05) is 39.0 Å². The average Bonchev–Trinajstić information content (AvgIpc) is 2.46. The molecule has 5 nitrogen and oxygen atoms in total. The number of carboxylic acid groups (broad SMARTS) is 1. The van der Waals surface area contributed by atoms with Crippen molar-refractivity contribution in [2.75, 3.05) is 13.2 Å². The highest BCUT2D eigenvalue weighted by Crippen LogP contribution is 2.68. The summed E-state index contributed by atoms with van der Waals surface area (Å²) in [5.74, 6) is -1.17. The van der Waals surface area contributed by atoms with Gasteiger partial charge in [0, 0.05) is 0 Å². The molecule has 0 aromatic rings. The van der Waals surface area contributed by atoms with Gasteiger partial charge in [-0.2, -0.15) is 0 Å². The van der Waals surface area contributed by atoms with Gasteiger partial charge in [-0.15, -0.1) is 6.58 Å². The lowest BCUT2D eigenvalue weighted by atomic mass is 9.77. The van der Waals surface area contributed by atoms with Crippen molar-refractivity contribution in [1.29, 1.82) is 0 Å². The number of carboxylic acids is 1. The first-order chi connectivity index (χ1) is 8.71. The molecule has 1 rings (SSSR count). The Balaban J connectivity index is 3.41. The van der Waals surface area contributed by atoms with Crippen molar-refractivity contribution in [3.63, 3.8) is 0 Å². The fourth-order valence-corrected chi connectivity index (χ4v) is 4.71. The van der Waals surface area contributed by atoms with Crippen LogP contribution in [0.2, 0.25) is 0 Å². The van der Waals surface area contributed by atoms with Crippen molar-refractivity contribution >= 4 is 13.6 Å². The second-order valence-corrected chi connectivity index (χ2v) is 7.74. The summed E-state index contributed by atoms with van der Waals surface area (Å²) in [4.78, 5) is 11.9. The van der Waals surface area contributed by atoms with Crippen LogP contribution in [0.25, 0.3) is 0 Å². The van der Waals surface area contributed by atoms with Gasteiger partial charge in [0.05, 0.1) is 13.2 Å². The number of aliphatic carboxylic acids is 1. The van der Waals surface area contributed by atoms with Gasteiger partial charge in [-0.3, -0.25) is 9.36 Å². The molecule has 0 fully saturated rings. The van der Waals surface area contributed by atoms with Gasteiger partial charge in [-0.25, -0.2) is 0 Å². The van der Waals surface area contributed by atoms with Crippen LogP contribution in [-0.2, 0) is 18.4 Å². The summed E-state index contributed by atoms with van der Waals surface area (Å²) in [5, 5.41) is 8.09. The summed E-state index contributed by atoms with van der Waals surface area (Å²) in [6.07, 6.45) is 4.90. The average molecular weight is 288 g/mol. The lowest BCUT2D eigenvalue weighted by Crippen LogP contribution is -2.50. The monoisotopic (exact) mass is 288 g/mol. The first-order valence-electron chi connectivity index (χ1n) is 6.10. The molecule has 0 aromatic carbocycles. The number of allylic oxidation sites excluding steroid dienone is 1. The summed E-state index contributed by atoms with van der Waals surface area (Å²) in [6, 6.07) is 0. The van der Waals surface area contributed by atoms with Gasteiger partial charge in [-0.05, 0) is 11.8 Å². The fraction of sp³-hybridized carbons (Fsp3) is 0.615. The molecular formula is C13H21O5P. The van der Waals surface area contributed by atoms with Crippen LogP contribution in [0.1, 0.15) is 27.2 Å². The van der Waals surface area contributed by atoms with Crippen LogP contribution < -0.4 is 0 Å². The first-order valence-corrected chi connectivity index (χ1v) is 7.64. The predicted octanol–water partition coefficient (Wildman–Crippen LogP) is 3.23. The molecule has 1 aliphatic rings. The van der Waals surface area contributed by atoms with Crippen LogP contribution in [0.3, 0.4) is 0 Å². The van der Waals surface area contributed by atoms with Crippen molar-refractivity contribution < 1.29 is 23.5 Å². The Labute approximate surface area is 113 Å². The Hall–Kier alpha value is -0.900. The molecule has 108 valence electrons. The van der Waals surface area contributed by atoms with Crippen LogP contribution in [-0.4, -0.2) is 29.4 Å². The van der Waals surface area contributed by atoms with Crippen molar-refractivity contribution in [1.82, 2.24) is 0 Å². The Morgan fingerprint density at radius 3 is 2.68 bits per heavy atom. The summed E-state index contributed by atoms with van der Waals surface area (Å²) < 4.78 is 23.7. The topological polar surface area (TPSA) is 72.8 Å². The van der Waals surface area contributed by atoms with Crippen molar-refractivity contribution in [2.24, 2.45) is 5.41 Å². The van der Waals surface area contributed by atoms with E-state index in [9.17, 15) is 14.5 Å². The van der Waals surface area contributed by atoms with Crippen LogP contribution in [0.15, 0.2) is 24.8 Å². The molecular weight excluding hydrogens is 267 g/mol. The minimum atomic E-state index is -3.83.